The third kappa shape index (κ3) is 4.41. The van der Waals surface area contributed by atoms with E-state index in [2.05, 4.69) is 0 Å². The van der Waals surface area contributed by atoms with Gasteiger partial charge in [0, 0.05) is 11.4 Å². The fraction of sp³-hybridized carbons (Fsp3) is 0.316. The van der Waals surface area contributed by atoms with E-state index < -0.39 is 15.9 Å². The average Bonchev–Trinajstić information content (AvgIpc) is 2.56. The van der Waals surface area contributed by atoms with Gasteiger partial charge < -0.3 is 0 Å². The molecule has 0 aliphatic carbocycles. The Labute approximate surface area is 154 Å². The molecule has 0 saturated heterocycles. The number of anilines is 1. The summed E-state index contributed by atoms with van der Waals surface area (Å²) in [5.41, 5.74) is 2.02. The molecule has 0 aromatic heterocycles. The summed E-state index contributed by atoms with van der Waals surface area (Å²) in [5.74, 6) is -0.425. The molecule has 1 amide bonds. The SMILES string of the molecule is CCCCC(=O)N(c1cc(C)ccc1C)S(=O)(=O)c1ccc(Cl)cc1. The van der Waals surface area contributed by atoms with Crippen molar-refractivity contribution in [2.75, 3.05) is 4.31 Å². The first kappa shape index (κ1) is 19.5. The standard InChI is InChI=1S/C19H22ClNO3S/c1-4-5-6-19(22)21(18-13-14(2)7-8-15(18)3)25(23,24)17-11-9-16(20)10-12-17/h7-13H,4-6H2,1-3H3. The van der Waals surface area contributed by atoms with Crippen molar-refractivity contribution >= 4 is 33.2 Å². The summed E-state index contributed by atoms with van der Waals surface area (Å²) in [7, 11) is -4.01. The molecule has 0 N–H and O–H groups in total. The summed E-state index contributed by atoms with van der Waals surface area (Å²) in [5, 5.41) is 0.439. The quantitative estimate of drug-likeness (QED) is 0.719. The number of nitrogens with zero attached hydrogens (tertiary/aromatic N) is 1. The molecule has 25 heavy (non-hydrogen) atoms. The normalized spacial score (nSPS) is 11.4. The second-order valence-electron chi connectivity index (χ2n) is 6.01. The second-order valence-corrected chi connectivity index (χ2v) is 8.23. The lowest BCUT2D eigenvalue weighted by Gasteiger charge is -2.24. The van der Waals surface area contributed by atoms with E-state index in [1.54, 1.807) is 13.0 Å². The summed E-state index contributed by atoms with van der Waals surface area (Å²) >= 11 is 5.86. The zero-order valence-corrected chi connectivity index (χ0v) is 16.2. The molecular weight excluding hydrogens is 358 g/mol. The summed E-state index contributed by atoms with van der Waals surface area (Å²) in [6.45, 7) is 5.63. The number of carbonyl (C=O) groups excluding carboxylic acids is 1. The van der Waals surface area contributed by atoms with Gasteiger partial charge in [0.2, 0.25) is 5.91 Å². The first-order valence-electron chi connectivity index (χ1n) is 8.18. The lowest BCUT2D eigenvalue weighted by Crippen LogP contribution is -2.37. The van der Waals surface area contributed by atoms with E-state index in [9.17, 15) is 13.2 Å². The van der Waals surface area contributed by atoms with Gasteiger partial charge in [0.05, 0.1) is 10.6 Å². The number of halogens is 1. The molecule has 2 rings (SSSR count). The highest BCUT2D eigenvalue weighted by Gasteiger charge is 2.31. The lowest BCUT2D eigenvalue weighted by molar-refractivity contribution is -0.117. The van der Waals surface area contributed by atoms with Gasteiger partial charge in [-0.05, 0) is 61.7 Å². The highest BCUT2D eigenvalue weighted by atomic mass is 35.5. The molecule has 0 radical (unpaired) electrons. The number of unbranched alkanes of at least 4 members (excludes halogenated alkanes) is 1. The molecule has 4 nitrogen and oxygen atoms in total. The molecule has 2 aromatic rings. The van der Waals surface area contributed by atoms with Crippen molar-refractivity contribution < 1.29 is 13.2 Å². The van der Waals surface area contributed by atoms with Crippen LogP contribution in [0.3, 0.4) is 0 Å². The molecule has 0 aliphatic rings. The minimum absolute atomic E-state index is 0.0441. The van der Waals surface area contributed by atoms with Gasteiger partial charge in [-0.15, -0.1) is 0 Å². The van der Waals surface area contributed by atoms with Crippen LogP contribution in [0.4, 0.5) is 5.69 Å². The number of rotatable bonds is 6. The van der Waals surface area contributed by atoms with E-state index in [1.807, 2.05) is 26.0 Å². The van der Waals surface area contributed by atoms with Crippen LogP contribution >= 0.6 is 11.6 Å². The van der Waals surface area contributed by atoms with Crippen LogP contribution < -0.4 is 4.31 Å². The number of amides is 1. The highest BCUT2D eigenvalue weighted by molar-refractivity contribution is 7.93. The van der Waals surface area contributed by atoms with Gasteiger partial charge in [0.25, 0.3) is 10.0 Å². The Bertz CT molecular complexity index is 861. The predicted octanol–water partition coefficient (Wildman–Crippen LogP) is 4.87. The Hall–Kier alpha value is -1.85. The lowest BCUT2D eigenvalue weighted by atomic mass is 10.1. The van der Waals surface area contributed by atoms with Crippen molar-refractivity contribution in [2.45, 2.75) is 44.9 Å². The Morgan fingerprint density at radius 1 is 1.08 bits per heavy atom. The van der Waals surface area contributed by atoms with Crippen molar-refractivity contribution in [3.05, 3.63) is 58.6 Å². The van der Waals surface area contributed by atoms with Crippen molar-refractivity contribution in [1.29, 1.82) is 0 Å². The number of sulfonamides is 1. The van der Waals surface area contributed by atoms with Gasteiger partial charge in [-0.25, -0.2) is 12.7 Å². The zero-order chi connectivity index (χ0) is 18.6. The fourth-order valence-electron chi connectivity index (χ4n) is 2.48. The molecule has 2 aromatic carbocycles. The van der Waals surface area contributed by atoms with E-state index in [0.717, 1.165) is 21.9 Å². The fourth-order valence-corrected chi connectivity index (χ4v) is 4.11. The molecule has 134 valence electrons. The van der Waals surface area contributed by atoms with Crippen LogP contribution in [0.5, 0.6) is 0 Å². The molecular formula is C19H22ClNO3S. The predicted molar refractivity (Wildman–Crippen MR) is 102 cm³/mol. The van der Waals surface area contributed by atoms with Crippen molar-refractivity contribution in [3.63, 3.8) is 0 Å². The number of aryl methyl sites for hydroxylation is 2. The zero-order valence-electron chi connectivity index (χ0n) is 14.6. The molecule has 0 saturated carbocycles. The smallest absolute Gasteiger partial charge is 0.270 e. The summed E-state index contributed by atoms with van der Waals surface area (Å²) < 4.78 is 27.3. The topological polar surface area (TPSA) is 54.5 Å². The third-order valence-electron chi connectivity index (χ3n) is 3.91. The maximum absolute atomic E-state index is 13.2. The molecule has 0 fully saturated rings. The maximum Gasteiger partial charge on any atom is 0.270 e. The minimum atomic E-state index is -4.01. The van der Waals surface area contributed by atoms with E-state index in [0.29, 0.717) is 17.1 Å². The number of benzene rings is 2. The summed E-state index contributed by atoms with van der Waals surface area (Å²) in [6, 6.07) is 11.3. The average molecular weight is 380 g/mol. The van der Waals surface area contributed by atoms with Crippen LogP contribution in [-0.4, -0.2) is 14.3 Å². The molecule has 0 bridgehead atoms. The van der Waals surface area contributed by atoms with Crippen LogP contribution in [0.2, 0.25) is 5.02 Å². The van der Waals surface area contributed by atoms with Gasteiger partial charge in [0.1, 0.15) is 0 Å². The third-order valence-corrected chi connectivity index (χ3v) is 5.91. The molecule has 0 spiro atoms. The maximum atomic E-state index is 13.2. The molecule has 0 unspecified atom stereocenters. The van der Waals surface area contributed by atoms with Crippen LogP contribution in [-0.2, 0) is 14.8 Å². The Kier molecular flexibility index (Phi) is 6.25. The largest absolute Gasteiger partial charge is 0.273 e. The van der Waals surface area contributed by atoms with E-state index in [-0.39, 0.29) is 11.3 Å². The van der Waals surface area contributed by atoms with E-state index in [1.165, 1.54) is 24.3 Å². The van der Waals surface area contributed by atoms with Gasteiger partial charge in [-0.2, -0.15) is 0 Å². The van der Waals surface area contributed by atoms with E-state index >= 15 is 0 Å². The molecule has 6 heteroatoms. The highest BCUT2D eigenvalue weighted by Crippen LogP contribution is 2.29. The van der Waals surface area contributed by atoms with Crippen molar-refractivity contribution in [2.24, 2.45) is 0 Å². The molecule has 0 aliphatic heterocycles. The van der Waals surface area contributed by atoms with Gasteiger partial charge in [-0.3, -0.25) is 4.79 Å². The number of hydrogen-bond donors (Lipinski definition) is 0. The minimum Gasteiger partial charge on any atom is -0.273 e. The molecule has 0 atom stereocenters. The monoisotopic (exact) mass is 379 g/mol. The first-order chi connectivity index (χ1) is 11.8. The van der Waals surface area contributed by atoms with Crippen LogP contribution in [0.15, 0.2) is 47.4 Å². The first-order valence-corrected chi connectivity index (χ1v) is 10.00. The van der Waals surface area contributed by atoms with Crippen LogP contribution in [0.1, 0.15) is 37.3 Å². The second kappa shape index (κ2) is 8.02. The Morgan fingerprint density at radius 2 is 1.72 bits per heavy atom. The van der Waals surface area contributed by atoms with Gasteiger partial charge in [0.15, 0.2) is 0 Å². The van der Waals surface area contributed by atoms with Gasteiger partial charge in [-0.1, -0.05) is 37.1 Å². The van der Waals surface area contributed by atoms with Crippen LogP contribution in [0, 0.1) is 13.8 Å². The number of hydrogen-bond acceptors (Lipinski definition) is 3. The Balaban J connectivity index is 2.60. The Morgan fingerprint density at radius 3 is 2.32 bits per heavy atom. The number of carbonyl (C=O) groups is 1. The van der Waals surface area contributed by atoms with Gasteiger partial charge >= 0.3 is 0 Å². The van der Waals surface area contributed by atoms with Crippen LogP contribution in [0.25, 0.3) is 0 Å². The van der Waals surface area contributed by atoms with E-state index in [4.69, 9.17) is 11.6 Å². The summed E-state index contributed by atoms with van der Waals surface area (Å²) in [6.07, 6.45) is 1.63. The van der Waals surface area contributed by atoms with Crippen molar-refractivity contribution in [3.8, 4) is 0 Å². The van der Waals surface area contributed by atoms with Crippen molar-refractivity contribution in [1.82, 2.24) is 0 Å². The summed E-state index contributed by atoms with van der Waals surface area (Å²) in [4.78, 5) is 12.8. The molecule has 0 heterocycles.